The molecule has 0 aliphatic heterocycles. The number of hydrogen-bond donors (Lipinski definition) is 1. The molecule has 5 rings (SSSR count). The van der Waals surface area contributed by atoms with Gasteiger partial charge in [0.25, 0.3) is 5.91 Å². The van der Waals surface area contributed by atoms with Gasteiger partial charge in [0.15, 0.2) is 0 Å². The number of H-pyrrole nitrogens is 1. The SMILES string of the molecule is [V].c1ccc2c(c1)ccc1o[c-]3oc4ccccc4[nH]n3c12. The van der Waals surface area contributed by atoms with Gasteiger partial charge in [-0.05, 0) is 16.8 Å². The summed E-state index contributed by atoms with van der Waals surface area (Å²) in [7, 11) is 0. The van der Waals surface area contributed by atoms with E-state index < -0.39 is 0 Å². The van der Waals surface area contributed by atoms with Crippen molar-refractivity contribution in [1.82, 2.24) is 9.61 Å². The first-order valence-corrected chi connectivity index (χ1v) is 6.80. The van der Waals surface area contributed by atoms with E-state index in [9.17, 15) is 0 Å². The van der Waals surface area contributed by atoms with Gasteiger partial charge in [-0.25, -0.2) is 0 Å². The summed E-state index contributed by atoms with van der Waals surface area (Å²) < 4.78 is 13.5. The molecule has 1 N–H and O–H groups in total. The molecule has 0 bridgehead atoms. The molecule has 2 heterocycles. The predicted octanol–water partition coefficient (Wildman–Crippen LogP) is 4.75. The van der Waals surface area contributed by atoms with Crippen LogP contribution in [0.15, 0.2) is 69.5 Å². The molecule has 0 fully saturated rings. The molecule has 4 nitrogen and oxygen atoms in total. The zero-order chi connectivity index (χ0) is 13.8. The number of nitrogens with zero attached hydrogens (tertiary/aromatic N) is 1. The van der Waals surface area contributed by atoms with Gasteiger partial charge in [0, 0.05) is 29.7 Å². The summed E-state index contributed by atoms with van der Waals surface area (Å²) in [6.45, 7) is 0. The second-order valence-electron chi connectivity index (χ2n) is 5.05. The van der Waals surface area contributed by atoms with Crippen LogP contribution in [0.1, 0.15) is 0 Å². The fourth-order valence-electron chi connectivity index (χ4n) is 2.81. The Kier molecular flexibility index (Phi) is 2.89. The number of aromatic amines is 1. The van der Waals surface area contributed by atoms with Gasteiger partial charge < -0.3 is 13.9 Å². The summed E-state index contributed by atoms with van der Waals surface area (Å²) in [5, 5.41) is 5.65. The average molecular weight is 326 g/mol. The van der Waals surface area contributed by atoms with Crippen molar-refractivity contribution in [2.45, 2.75) is 0 Å². The first-order valence-electron chi connectivity index (χ1n) is 6.80. The number of rotatable bonds is 0. The van der Waals surface area contributed by atoms with Gasteiger partial charge in [-0.15, -0.1) is 0 Å². The van der Waals surface area contributed by atoms with Crippen LogP contribution in [-0.2, 0) is 18.6 Å². The Morgan fingerprint density at radius 2 is 1.59 bits per heavy atom. The van der Waals surface area contributed by atoms with E-state index in [-0.39, 0.29) is 18.6 Å². The van der Waals surface area contributed by atoms with E-state index in [1.54, 1.807) is 0 Å². The predicted molar refractivity (Wildman–Crippen MR) is 82.0 cm³/mol. The van der Waals surface area contributed by atoms with E-state index in [0.717, 1.165) is 27.6 Å². The summed E-state index contributed by atoms with van der Waals surface area (Å²) in [6.07, 6.45) is 0. The fraction of sp³-hybridized carbons (Fsp3) is 0. The van der Waals surface area contributed by atoms with Gasteiger partial charge in [-0.3, -0.25) is 4.52 Å². The van der Waals surface area contributed by atoms with Crippen molar-refractivity contribution in [1.29, 1.82) is 0 Å². The molecular weight excluding hydrogens is 315 g/mol. The molecular formula is C17H11N2O2V-. The van der Waals surface area contributed by atoms with Gasteiger partial charge in [0.05, 0.1) is 11.1 Å². The molecule has 107 valence electrons. The van der Waals surface area contributed by atoms with Crippen molar-refractivity contribution in [3.05, 3.63) is 60.7 Å². The molecule has 3 aromatic carbocycles. The van der Waals surface area contributed by atoms with E-state index in [4.69, 9.17) is 8.83 Å². The third-order valence-corrected chi connectivity index (χ3v) is 3.78. The van der Waals surface area contributed by atoms with Crippen LogP contribution in [0.4, 0.5) is 0 Å². The number of para-hydroxylation sites is 2. The molecule has 5 aromatic rings. The Balaban J connectivity index is 0.00000125. The van der Waals surface area contributed by atoms with Crippen molar-refractivity contribution in [3.63, 3.8) is 0 Å². The maximum atomic E-state index is 5.85. The topological polar surface area (TPSA) is 46.5 Å². The van der Waals surface area contributed by atoms with Crippen molar-refractivity contribution in [2.75, 3.05) is 0 Å². The Morgan fingerprint density at radius 1 is 0.818 bits per heavy atom. The van der Waals surface area contributed by atoms with Crippen LogP contribution in [0.25, 0.3) is 38.9 Å². The third kappa shape index (κ3) is 1.75. The second kappa shape index (κ2) is 4.80. The molecule has 0 aliphatic carbocycles. The number of nitrogens with one attached hydrogen (secondary N) is 1. The van der Waals surface area contributed by atoms with Crippen molar-refractivity contribution in [3.8, 4) is 0 Å². The van der Waals surface area contributed by atoms with Gasteiger partial charge in [0.2, 0.25) is 0 Å². The molecule has 0 amide bonds. The first-order chi connectivity index (χ1) is 10.4. The van der Waals surface area contributed by atoms with Crippen LogP contribution in [0, 0.1) is 0 Å². The minimum Gasteiger partial charge on any atom is -0.509 e. The van der Waals surface area contributed by atoms with E-state index in [0.29, 0.717) is 5.91 Å². The van der Waals surface area contributed by atoms with Crippen LogP contribution in [0.3, 0.4) is 0 Å². The van der Waals surface area contributed by atoms with Gasteiger partial charge in [-0.2, -0.15) is 0 Å². The minimum atomic E-state index is 0. The van der Waals surface area contributed by atoms with Gasteiger partial charge in [-0.1, -0.05) is 54.6 Å². The molecule has 5 heteroatoms. The van der Waals surface area contributed by atoms with Crippen LogP contribution in [0.2, 0.25) is 0 Å². The Bertz CT molecular complexity index is 1150. The van der Waals surface area contributed by atoms with Crippen LogP contribution in [0.5, 0.6) is 0 Å². The number of benzene rings is 3. The van der Waals surface area contributed by atoms with Crippen LogP contribution >= 0.6 is 0 Å². The quantitative estimate of drug-likeness (QED) is 0.417. The normalized spacial score (nSPS) is 11.3. The number of fused-ring (bicyclic) bond motifs is 6. The smallest absolute Gasteiger partial charge is 0.300 e. The molecule has 0 aliphatic rings. The third-order valence-electron chi connectivity index (χ3n) is 3.78. The monoisotopic (exact) mass is 326 g/mol. The standard InChI is InChI=1S/C17H11N2O2.V/c1-2-6-12-11(5-1)9-10-15-16(12)19-17(21-15)20-14-8-4-3-7-13(14)18-19;/h1-10,18H;/q-1;. The summed E-state index contributed by atoms with van der Waals surface area (Å²) in [5.41, 5.74) is 3.47. The van der Waals surface area contributed by atoms with Crippen LogP contribution in [-0.4, -0.2) is 9.61 Å². The number of hydrogen-bond acceptors (Lipinski definition) is 2. The molecule has 0 unspecified atom stereocenters. The first kappa shape index (κ1) is 13.3. The summed E-state index contributed by atoms with van der Waals surface area (Å²) in [4.78, 5) is 0. The summed E-state index contributed by atoms with van der Waals surface area (Å²) in [6, 6.07) is 20.1. The zero-order valence-electron chi connectivity index (χ0n) is 11.5. The Labute approximate surface area is 136 Å². The molecule has 0 saturated heterocycles. The van der Waals surface area contributed by atoms with Gasteiger partial charge in [0.1, 0.15) is 0 Å². The summed E-state index contributed by atoms with van der Waals surface area (Å²) in [5.74, 6) is 0.444. The summed E-state index contributed by atoms with van der Waals surface area (Å²) >= 11 is 0. The van der Waals surface area contributed by atoms with Crippen molar-refractivity contribution < 1.29 is 27.4 Å². The zero-order valence-corrected chi connectivity index (χ0v) is 12.9. The molecule has 22 heavy (non-hydrogen) atoms. The minimum absolute atomic E-state index is 0. The van der Waals surface area contributed by atoms with Gasteiger partial charge >= 0.3 is 0 Å². The molecule has 0 spiro atoms. The molecule has 0 atom stereocenters. The van der Waals surface area contributed by atoms with Crippen LogP contribution < -0.4 is 0 Å². The van der Waals surface area contributed by atoms with E-state index in [2.05, 4.69) is 23.3 Å². The van der Waals surface area contributed by atoms with Crippen molar-refractivity contribution >= 4 is 38.9 Å². The number of aromatic nitrogens is 2. The maximum absolute atomic E-state index is 5.85. The second-order valence-corrected chi connectivity index (χ2v) is 5.05. The van der Waals surface area contributed by atoms with E-state index in [1.165, 1.54) is 5.39 Å². The maximum Gasteiger partial charge on any atom is 0.300 e. The number of oxazole rings is 1. The van der Waals surface area contributed by atoms with Crippen molar-refractivity contribution in [2.24, 2.45) is 0 Å². The largest absolute Gasteiger partial charge is 0.509 e. The Morgan fingerprint density at radius 3 is 2.55 bits per heavy atom. The molecule has 2 aromatic heterocycles. The van der Waals surface area contributed by atoms with E-state index >= 15 is 0 Å². The molecule has 1 radical (unpaired) electrons. The molecule has 0 saturated carbocycles. The Hall–Kier alpha value is -2.43. The fourth-order valence-corrected chi connectivity index (χ4v) is 2.81. The van der Waals surface area contributed by atoms with E-state index in [1.807, 2.05) is 47.0 Å². The average Bonchev–Trinajstić information content (AvgIpc) is 2.90.